The summed E-state index contributed by atoms with van der Waals surface area (Å²) in [7, 11) is 2.12. The standard InChI is InChI=1S/C12H20N2OS/c1-10-11(6-8-15-10)9-14(2)7-4-3-5-12(13)16/h6,8H,3-5,7,9H2,1-2H3,(H2,13,16). The van der Waals surface area contributed by atoms with Gasteiger partial charge in [-0.3, -0.25) is 0 Å². The molecule has 1 heterocycles. The number of aryl methyl sites for hydroxylation is 1. The van der Waals surface area contributed by atoms with Crippen LogP contribution in [0.4, 0.5) is 0 Å². The molecule has 0 bridgehead atoms. The predicted octanol–water partition coefficient (Wildman–Crippen LogP) is 2.48. The van der Waals surface area contributed by atoms with Crippen LogP contribution in [0.5, 0.6) is 0 Å². The van der Waals surface area contributed by atoms with Gasteiger partial charge in [0.1, 0.15) is 5.76 Å². The molecule has 2 N–H and O–H groups in total. The van der Waals surface area contributed by atoms with Crippen LogP contribution in [0.15, 0.2) is 16.7 Å². The Morgan fingerprint density at radius 3 is 2.81 bits per heavy atom. The van der Waals surface area contributed by atoms with Crippen molar-refractivity contribution in [2.75, 3.05) is 13.6 Å². The van der Waals surface area contributed by atoms with Crippen LogP contribution in [-0.4, -0.2) is 23.5 Å². The molecule has 90 valence electrons. The molecule has 1 aromatic rings. The summed E-state index contributed by atoms with van der Waals surface area (Å²) in [5.41, 5.74) is 6.71. The van der Waals surface area contributed by atoms with Gasteiger partial charge >= 0.3 is 0 Å². The van der Waals surface area contributed by atoms with E-state index < -0.39 is 0 Å². The molecule has 0 saturated carbocycles. The molecule has 1 aromatic heterocycles. The van der Waals surface area contributed by atoms with E-state index in [1.54, 1.807) is 6.26 Å². The van der Waals surface area contributed by atoms with Crippen LogP contribution in [0.1, 0.15) is 30.6 Å². The molecular formula is C12H20N2OS. The number of nitrogens with two attached hydrogens (primary N) is 1. The van der Waals surface area contributed by atoms with Crippen molar-refractivity contribution in [1.29, 1.82) is 0 Å². The number of unbranched alkanes of at least 4 members (excludes halogenated alkanes) is 1. The predicted molar refractivity (Wildman–Crippen MR) is 70.4 cm³/mol. The normalized spacial score (nSPS) is 10.9. The van der Waals surface area contributed by atoms with Crippen molar-refractivity contribution in [2.24, 2.45) is 5.73 Å². The molecule has 0 fully saturated rings. The second-order valence-corrected chi connectivity index (χ2v) is 4.69. The van der Waals surface area contributed by atoms with Gasteiger partial charge in [0.05, 0.1) is 11.3 Å². The maximum atomic E-state index is 5.44. The van der Waals surface area contributed by atoms with Gasteiger partial charge in [-0.2, -0.15) is 0 Å². The third kappa shape index (κ3) is 4.77. The van der Waals surface area contributed by atoms with Crippen molar-refractivity contribution >= 4 is 17.2 Å². The molecule has 0 aliphatic rings. The molecule has 4 heteroatoms. The van der Waals surface area contributed by atoms with Crippen molar-refractivity contribution in [2.45, 2.75) is 32.7 Å². The van der Waals surface area contributed by atoms with Gasteiger partial charge in [-0.25, -0.2) is 0 Å². The summed E-state index contributed by atoms with van der Waals surface area (Å²) < 4.78 is 5.26. The highest BCUT2D eigenvalue weighted by Crippen LogP contribution is 2.11. The highest BCUT2D eigenvalue weighted by atomic mass is 32.1. The van der Waals surface area contributed by atoms with Gasteiger partial charge in [0.15, 0.2) is 0 Å². The molecule has 0 radical (unpaired) electrons. The van der Waals surface area contributed by atoms with E-state index in [2.05, 4.69) is 11.9 Å². The topological polar surface area (TPSA) is 42.4 Å². The minimum Gasteiger partial charge on any atom is -0.469 e. The average Bonchev–Trinajstić information content (AvgIpc) is 2.59. The Morgan fingerprint density at radius 2 is 2.25 bits per heavy atom. The Bertz CT molecular complexity index is 336. The first-order chi connectivity index (χ1) is 7.59. The monoisotopic (exact) mass is 240 g/mol. The first-order valence-electron chi connectivity index (χ1n) is 5.59. The summed E-state index contributed by atoms with van der Waals surface area (Å²) in [5, 5.41) is 0. The molecule has 0 aromatic carbocycles. The number of thiocarbonyl (C=S) groups is 1. The van der Waals surface area contributed by atoms with Gasteiger partial charge < -0.3 is 15.1 Å². The summed E-state index contributed by atoms with van der Waals surface area (Å²) >= 11 is 4.84. The molecule has 0 saturated heterocycles. The minimum atomic E-state index is 0.619. The molecule has 0 amide bonds. The molecule has 0 aliphatic heterocycles. The van der Waals surface area contributed by atoms with Crippen molar-refractivity contribution in [3.8, 4) is 0 Å². The van der Waals surface area contributed by atoms with Gasteiger partial charge in [0.25, 0.3) is 0 Å². The Kier molecular flexibility index (Phi) is 5.49. The first-order valence-corrected chi connectivity index (χ1v) is 6.00. The van der Waals surface area contributed by atoms with Gasteiger partial charge in [0, 0.05) is 12.1 Å². The second-order valence-electron chi connectivity index (χ2n) is 4.16. The minimum absolute atomic E-state index is 0.619. The fourth-order valence-electron chi connectivity index (χ4n) is 1.63. The molecule has 3 nitrogen and oxygen atoms in total. The Balaban J connectivity index is 2.19. The number of hydrogen-bond acceptors (Lipinski definition) is 3. The Hall–Kier alpha value is -0.870. The highest BCUT2D eigenvalue weighted by Gasteiger charge is 2.04. The zero-order valence-electron chi connectivity index (χ0n) is 10.0. The third-order valence-electron chi connectivity index (χ3n) is 2.62. The number of furan rings is 1. The average molecular weight is 240 g/mol. The maximum absolute atomic E-state index is 5.44. The lowest BCUT2D eigenvalue weighted by Gasteiger charge is -2.15. The number of rotatable bonds is 7. The molecular weight excluding hydrogens is 220 g/mol. The fraction of sp³-hybridized carbons (Fsp3) is 0.583. The van der Waals surface area contributed by atoms with Crippen molar-refractivity contribution in [1.82, 2.24) is 4.90 Å². The van der Waals surface area contributed by atoms with E-state index in [1.165, 1.54) is 5.56 Å². The Labute approximate surface area is 103 Å². The van der Waals surface area contributed by atoms with Crippen LogP contribution >= 0.6 is 12.2 Å². The van der Waals surface area contributed by atoms with Crippen LogP contribution < -0.4 is 5.73 Å². The SMILES string of the molecule is Cc1occc1CN(C)CCCCC(N)=S. The van der Waals surface area contributed by atoms with Crippen molar-refractivity contribution in [3.05, 3.63) is 23.7 Å². The maximum Gasteiger partial charge on any atom is 0.105 e. The molecule has 1 rings (SSSR count). The fourth-order valence-corrected chi connectivity index (χ4v) is 1.77. The van der Waals surface area contributed by atoms with E-state index in [0.717, 1.165) is 38.1 Å². The quantitative estimate of drug-likeness (QED) is 0.587. The van der Waals surface area contributed by atoms with Crippen molar-refractivity contribution < 1.29 is 4.42 Å². The van der Waals surface area contributed by atoms with E-state index in [1.807, 2.05) is 13.0 Å². The third-order valence-corrected chi connectivity index (χ3v) is 2.82. The van der Waals surface area contributed by atoms with Crippen molar-refractivity contribution in [3.63, 3.8) is 0 Å². The van der Waals surface area contributed by atoms with E-state index in [4.69, 9.17) is 22.4 Å². The second kappa shape index (κ2) is 6.66. The van der Waals surface area contributed by atoms with Gasteiger partial charge in [-0.1, -0.05) is 12.2 Å². The van der Waals surface area contributed by atoms with E-state index in [9.17, 15) is 0 Å². The summed E-state index contributed by atoms with van der Waals surface area (Å²) in [6.07, 6.45) is 4.80. The van der Waals surface area contributed by atoms with Crippen LogP contribution in [-0.2, 0) is 6.54 Å². The molecule has 16 heavy (non-hydrogen) atoms. The molecule has 0 aliphatic carbocycles. The Morgan fingerprint density at radius 1 is 1.50 bits per heavy atom. The van der Waals surface area contributed by atoms with Gasteiger partial charge in [-0.05, 0) is 45.8 Å². The van der Waals surface area contributed by atoms with Gasteiger partial charge in [-0.15, -0.1) is 0 Å². The lowest BCUT2D eigenvalue weighted by atomic mass is 10.2. The molecule has 0 atom stereocenters. The van der Waals surface area contributed by atoms with Crippen LogP contribution in [0, 0.1) is 6.92 Å². The van der Waals surface area contributed by atoms with Crippen LogP contribution in [0.25, 0.3) is 0 Å². The zero-order chi connectivity index (χ0) is 12.0. The lowest BCUT2D eigenvalue weighted by Crippen LogP contribution is -2.19. The molecule has 0 unspecified atom stereocenters. The summed E-state index contributed by atoms with van der Waals surface area (Å²) in [6.45, 7) is 4.00. The van der Waals surface area contributed by atoms with E-state index in [-0.39, 0.29) is 0 Å². The summed E-state index contributed by atoms with van der Waals surface area (Å²) in [6, 6.07) is 2.03. The van der Waals surface area contributed by atoms with E-state index in [0.29, 0.717) is 4.99 Å². The lowest BCUT2D eigenvalue weighted by molar-refractivity contribution is 0.317. The number of nitrogens with zero attached hydrogens (tertiary/aromatic N) is 1. The summed E-state index contributed by atoms with van der Waals surface area (Å²) in [5.74, 6) is 1.01. The molecule has 0 spiro atoms. The highest BCUT2D eigenvalue weighted by molar-refractivity contribution is 7.80. The zero-order valence-corrected chi connectivity index (χ0v) is 10.8. The van der Waals surface area contributed by atoms with E-state index >= 15 is 0 Å². The summed E-state index contributed by atoms with van der Waals surface area (Å²) in [4.78, 5) is 2.91. The van der Waals surface area contributed by atoms with Crippen LogP contribution in [0.3, 0.4) is 0 Å². The first kappa shape index (κ1) is 13.2. The smallest absolute Gasteiger partial charge is 0.105 e. The number of hydrogen-bond donors (Lipinski definition) is 1. The van der Waals surface area contributed by atoms with Gasteiger partial charge in [0.2, 0.25) is 0 Å². The van der Waals surface area contributed by atoms with Crippen LogP contribution in [0.2, 0.25) is 0 Å². The largest absolute Gasteiger partial charge is 0.469 e.